The highest BCUT2D eigenvalue weighted by Gasteiger charge is 2.34. The average molecular weight is 364 g/mol. The smallest absolute Gasteiger partial charge is 0.326 e. The molecule has 0 saturated carbocycles. The minimum atomic E-state index is -4.66. The Morgan fingerprint density at radius 2 is 1.69 bits per heavy atom. The van der Waals surface area contributed by atoms with Gasteiger partial charge in [0.25, 0.3) is 0 Å². The molecular weight excluding hydrogens is 345 g/mol. The van der Waals surface area contributed by atoms with Gasteiger partial charge in [-0.3, -0.25) is 9.59 Å². The molecule has 0 radical (unpaired) electrons. The first-order valence-electron chi connectivity index (χ1n) is 8.00. The standard InChI is InChI=1S/C19H19F3N2O2/c1-12(14-6-4-3-5-7-14)10-18(26)24-17-9-8-15(23-13(2)25)11-16(17)19(20,21)22/h3-9,11-12H,10H2,1-2H3,(H,23,25)(H,24,26). The van der Waals surface area contributed by atoms with Gasteiger partial charge in [-0.1, -0.05) is 37.3 Å². The van der Waals surface area contributed by atoms with Gasteiger partial charge >= 0.3 is 6.18 Å². The highest BCUT2D eigenvalue weighted by molar-refractivity contribution is 5.93. The lowest BCUT2D eigenvalue weighted by atomic mass is 9.97. The van der Waals surface area contributed by atoms with Gasteiger partial charge in [-0.15, -0.1) is 0 Å². The van der Waals surface area contributed by atoms with Crippen LogP contribution in [0.4, 0.5) is 24.5 Å². The van der Waals surface area contributed by atoms with Crippen molar-refractivity contribution >= 4 is 23.2 Å². The fourth-order valence-electron chi connectivity index (χ4n) is 2.55. The zero-order chi connectivity index (χ0) is 19.3. The Kier molecular flexibility index (Phi) is 6.02. The zero-order valence-corrected chi connectivity index (χ0v) is 14.4. The van der Waals surface area contributed by atoms with E-state index in [1.54, 1.807) is 0 Å². The number of hydrogen-bond donors (Lipinski definition) is 2. The van der Waals surface area contributed by atoms with E-state index in [1.807, 2.05) is 37.3 Å². The van der Waals surface area contributed by atoms with Crippen molar-refractivity contribution in [2.45, 2.75) is 32.4 Å². The van der Waals surface area contributed by atoms with E-state index in [2.05, 4.69) is 10.6 Å². The highest BCUT2D eigenvalue weighted by atomic mass is 19.4. The van der Waals surface area contributed by atoms with Gasteiger partial charge in [0.05, 0.1) is 11.3 Å². The molecule has 2 rings (SSSR count). The average Bonchev–Trinajstić information content (AvgIpc) is 2.55. The number of carbonyl (C=O) groups is 2. The molecule has 0 bridgehead atoms. The van der Waals surface area contributed by atoms with E-state index in [0.29, 0.717) is 0 Å². The fourth-order valence-corrected chi connectivity index (χ4v) is 2.55. The number of hydrogen-bond acceptors (Lipinski definition) is 2. The third kappa shape index (κ3) is 5.34. The maximum atomic E-state index is 13.3. The lowest BCUT2D eigenvalue weighted by molar-refractivity contribution is -0.137. The molecule has 2 N–H and O–H groups in total. The molecular formula is C19H19F3N2O2. The predicted octanol–water partition coefficient (Wildman–Crippen LogP) is 4.80. The summed E-state index contributed by atoms with van der Waals surface area (Å²) in [5.74, 6) is -1.13. The number of anilines is 2. The number of carbonyl (C=O) groups excluding carboxylic acids is 2. The monoisotopic (exact) mass is 364 g/mol. The van der Waals surface area contributed by atoms with E-state index < -0.39 is 23.6 Å². The molecule has 0 aliphatic rings. The Labute approximate surface area is 149 Å². The van der Waals surface area contributed by atoms with Crippen LogP contribution in [0.1, 0.15) is 37.3 Å². The summed E-state index contributed by atoms with van der Waals surface area (Å²) < 4.78 is 39.8. The number of halogens is 3. The summed E-state index contributed by atoms with van der Waals surface area (Å²) in [6, 6.07) is 12.5. The molecule has 0 saturated heterocycles. The Balaban J connectivity index is 2.17. The van der Waals surface area contributed by atoms with E-state index >= 15 is 0 Å². The Morgan fingerprint density at radius 3 is 2.27 bits per heavy atom. The molecule has 1 atom stereocenters. The summed E-state index contributed by atoms with van der Waals surface area (Å²) in [6.45, 7) is 3.04. The zero-order valence-electron chi connectivity index (χ0n) is 14.4. The van der Waals surface area contributed by atoms with Crippen molar-refractivity contribution in [2.24, 2.45) is 0 Å². The third-order valence-corrected chi connectivity index (χ3v) is 3.78. The minimum Gasteiger partial charge on any atom is -0.326 e. The molecule has 138 valence electrons. The molecule has 2 aromatic rings. The van der Waals surface area contributed by atoms with Crippen LogP contribution in [0.5, 0.6) is 0 Å². The van der Waals surface area contributed by atoms with Crippen molar-refractivity contribution in [2.75, 3.05) is 10.6 Å². The summed E-state index contributed by atoms with van der Waals surface area (Å²) in [5, 5.41) is 4.63. The van der Waals surface area contributed by atoms with Crippen molar-refractivity contribution in [1.82, 2.24) is 0 Å². The van der Waals surface area contributed by atoms with Crippen molar-refractivity contribution < 1.29 is 22.8 Å². The van der Waals surface area contributed by atoms with E-state index in [0.717, 1.165) is 17.7 Å². The van der Waals surface area contributed by atoms with Crippen LogP contribution in [0.3, 0.4) is 0 Å². The maximum absolute atomic E-state index is 13.3. The van der Waals surface area contributed by atoms with Crippen LogP contribution in [0.25, 0.3) is 0 Å². The molecule has 0 aliphatic heterocycles. The lowest BCUT2D eigenvalue weighted by Crippen LogP contribution is -2.18. The normalized spacial score (nSPS) is 12.3. The second-order valence-corrected chi connectivity index (χ2v) is 6.00. The van der Waals surface area contributed by atoms with Crippen molar-refractivity contribution in [3.63, 3.8) is 0 Å². The topological polar surface area (TPSA) is 58.2 Å². The van der Waals surface area contributed by atoms with Gasteiger partial charge < -0.3 is 10.6 Å². The lowest BCUT2D eigenvalue weighted by Gasteiger charge is -2.17. The molecule has 2 amide bonds. The van der Waals surface area contributed by atoms with Gasteiger partial charge in [0, 0.05) is 19.0 Å². The highest BCUT2D eigenvalue weighted by Crippen LogP contribution is 2.37. The van der Waals surface area contributed by atoms with E-state index in [1.165, 1.54) is 13.0 Å². The number of nitrogens with one attached hydrogen (secondary N) is 2. The SMILES string of the molecule is CC(=O)Nc1ccc(NC(=O)CC(C)c2ccccc2)c(C(F)(F)F)c1. The molecule has 2 aromatic carbocycles. The van der Waals surface area contributed by atoms with Gasteiger partial charge in [0.15, 0.2) is 0 Å². The number of rotatable bonds is 5. The molecule has 0 spiro atoms. The van der Waals surface area contributed by atoms with Crippen LogP contribution in [0.2, 0.25) is 0 Å². The first kappa shape index (κ1) is 19.5. The molecule has 1 unspecified atom stereocenters. The van der Waals surface area contributed by atoms with E-state index in [9.17, 15) is 22.8 Å². The number of benzene rings is 2. The first-order valence-corrected chi connectivity index (χ1v) is 8.00. The molecule has 0 aromatic heterocycles. The summed E-state index contributed by atoms with van der Waals surface area (Å²) in [4.78, 5) is 23.2. The van der Waals surface area contributed by atoms with Crippen LogP contribution >= 0.6 is 0 Å². The summed E-state index contributed by atoms with van der Waals surface area (Å²) in [7, 11) is 0. The summed E-state index contributed by atoms with van der Waals surface area (Å²) >= 11 is 0. The number of amides is 2. The Morgan fingerprint density at radius 1 is 1.04 bits per heavy atom. The largest absolute Gasteiger partial charge is 0.418 e. The summed E-state index contributed by atoms with van der Waals surface area (Å²) in [5.41, 5.74) is -0.401. The van der Waals surface area contributed by atoms with Crippen LogP contribution < -0.4 is 10.6 Å². The van der Waals surface area contributed by atoms with E-state index in [4.69, 9.17) is 0 Å². The summed E-state index contributed by atoms with van der Waals surface area (Å²) in [6.07, 6.45) is -4.61. The maximum Gasteiger partial charge on any atom is 0.418 e. The van der Waals surface area contributed by atoms with Gasteiger partial charge in [0.2, 0.25) is 11.8 Å². The second-order valence-electron chi connectivity index (χ2n) is 6.00. The third-order valence-electron chi connectivity index (χ3n) is 3.78. The van der Waals surface area contributed by atoms with Gasteiger partial charge in [-0.2, -0.15) is 13.2 Å². The van der Waals surface area contributed by atoms with Crippen LogP contribution in [-0.4, -0.2) is 11.8 Å². The van der Waals surface area contributed by atoms with Crippen LogP contribution in [-0.2, 0) is 15.8 Å². The molecule has 0 aliphatic carbocycles. The van der Waals surface area contributed by atoms with Gasteiger partial charge in [0.1, 0.15) is 0 Å². The van der Waals surface area contributed by atoms with Gasteiger partial charge in [-0.05, 0) is 29.7 Å². The Hall–Kier alpha value is -2.83. The predicted molar refractivity (Wildman–Crippen MR) is 93.9 cm³/mol. The van der Waals surface area contributed by atoms with Gasteiger partial charge in [-0.25, -0.2) is 0 Å². The minimum absolute atomic E-state index is 0.0143. The molecule has 0 fully saturated rings. The molecule has 7 heteroatoms. The van der Waals surface area contributed by atoms with Crippen LogP contribution in [0, 0.1) is 0 Å². The molecule has 26 heavy (non-hydrogen) atoms. The fraction of sp³-hybridized carbons (Fsp3) is 0.263. The van der Waals surface area contributed by atoms with Crippen molar-refractivity contribution in [1.29, 1.82) is 0 Å². The molecule has 4 nitrogen and oxygen atoms in total. The second kappa shape index (κ2) is 8.03. The molecule has 0 heterocycles. The van der Waals surface area contributed by atoms with Crippen molar-refractivity contribution in [3.05, 3.63) is 59.7 Å². The van der Waals surface area contributed by atoms with E-state index in [-0.39, 0.29) is 23.7 Å². The van der Waals surface area contributed by atoms with Crippen LogP contribution in [0.15, 0.2) is 48.5 Å². The quantitative estimate of drug-likeness (QED) is 0.801. The van der Waals surface area contributed by atoms with Crippen molar-refractivity contribution in [3.8, 4) is 0 Å². The number of alkyl halides is 3. The first-order chi connectivity index (χ1) is 12.2. The Bertz CT molecular complexity index is 789.